The lowest BCUT2D eigenvalue weighted by Gasteiger charge is -2.54. The number of nitrogens with zero attached hydrogens (tertiary/aromatic N) is 1. The molecule has 0 N–H and O–H groups in total. The molecule has 4 aliphatic rings. The molecule has 0 spiro atoms. The van der Waals surface area contributed by atoms with E-state index in [2.05, 4.69) is 11.5 Å². The maximum atomic E-state index is 11.6. The van der Waals surface area contributed by atoms with Gasteiger partial charge in [-0.05, 0) is 12.8 Å². The van der Waals surface area contributed by atoms with Crippen molar-refractivity contribution in [3.63, 3.8) is 0 Å². The van der Waals surface area contributed by atoms with Crippen LogP contribution in [0.25, 0.3) is 0 Å². The van der Waals surface area contributed by atoms with E-state index >= 15 is 0 Å². The van der Waals surface area contributed by atoms with Crippen molar-refractivity contribution < 1.29 is 9.53 Å². The molecule has 3 heteroatoms. The van der Waals surface area contributed by atoms with Crippen LogP contribution in [0.1, 0.15) is 12.8 Å². The van der Waals surface area contributed by atoms with E-state index in [9.17, 15) is 4.79 Å². The quantitative estimate of drug-likeness (QED) is 0.509. The molecule has 2 unspecified atom stereocenters. The maximum Gasteiger partial charge on any atom is 0.181 e. The summed E-state index contributed by atoms with van der Waals surface area (Å²) in [5, 5.41) is 0. The minimum absolute atomic E-state index is 0.247. The number of allylic oxidation sites excluding steroid dienone is 1. The topological polar surface area (TPSA) is 29.5 Å². The van der Waals surface area contributed by atoms with Crippen molar-refractivity contribution in [2.24, 2.45) is 5.92 Å². The Morgan fingerprint density at radius 2 is 1.92 bits per heavy atom. The lowest BCUT2D eigenvalue weighted by molar-refractivity contribution is -0.142. The predicted molar refractivity (Wildman–Crippen MR) is 47.1 cm³/mol. The number of carbonyl (C=O) groups is 1. The minimum Gasteiger partial charge on any atom is -0.377 e. The first-order valence-electron chi connectivity index (χ1n) is 4.86. The molecular weight excluding hydrogens is 166 g/mol. The second-order valence-corrected chi connectivity index (χ2v) is 4.23. The summed E-state index contributed by atoms with van der Waals surface area (Å²) in [6, 6.07) is 0.866. The monoisotopic (exact) mass is 179 g/mol. The molecule has 2 atom stereocenters. The summed E-state index contributed by atoms with van der Waals surface area (Å²) >= 11 is 0. The Morgan fingerprint density at radius 3 is 2.46 bits per heavy atom. The smallest absolute Gasteiger partial charge is 0.181 e. The van der Waals surface area contributed by atoms with Crippen LogP contribution in [-0.4, -0.2) is 36.0 Å². The van der Waals surface area contributed by atoms with Crippen LogP contribution < -0.4 is 0 Å². The molecule has 0 radical (unpaired) electrons. The molecule has 0 saturated carbocycles. The minimum atomic E-state index is 0.247. The highest BCUT2D eigenvalue weighted by Gasteiger charge is 2.48. The molecule has 0 amide bonds. The summed E-state index contributed by atoms with van der Waals surface area (Å²) in [4.78, 5) is 13.8. The third-order valence-electron chi connectivity index (χ3n) is 3.49. The maximum absolute atomic E-state index is 11.6. The van der Waals surface area contributed by atoms with Gasteiger partial charge in [0.25, 0.3) is 0 Å². The van der Waals surface area contributed by atoms with Gasteiger partial charge in [-0.25, -0.2) is 0 Å². The van der Waals surface area contributed by atoms with Gasteiger partial charge < -0.3 is 9.64 Å². The second-order valence-electron chi connectivity index (χ2n) is 4.23. The second kappa shape index (κ2) is 2.35. The number of piperidine rings is 3. The van der Waals surface area contributed by atoms with E-state index in [0.717, 1.165) is 31.8 Å². The van der Waals surface area contributed by atoms with Gasteiger partial charge in [-0.3, -0.25) is 4.79 Å². The van der Waals surface area contributed by atoms with E-state index < -0.39 is 0 Å². The van der Waals surface area contributed by atoms with E-state index in [1.165, 1.54) is 0 Å². The Bertz CT molecular complexity index is 273. The molecule has 4 rings (SSSR count). The van der Waals surface area contributed by atoms with E-state index in [0.29, 0.717) is 12.1 Å². The van der Waals surface area contributed by atoms with Gasteiger partial charge in [0.15, 0.2) is 5.78 Å². The zero-order chi connectivity index (χ0) is 9.00. The van der Waals surface area contributed by atoms with Crippen molar-refractivity contribution in [2.75, 3.05) is 13.2 Å². The Hall–Kier alpha value is -0.830. The van der Waals surface area contributed by atoms with Crippen LogP contribution in [0.4, 0.5) is 0 Å². The summed E-state index contributed by atoms with van der Waals surface area (Å²) in [6.45, 7) is 5.44. The highest BCUT2D eigenvalue weighted by molar-refractivity contribution is 5.97. The predicted octanol–water partition coefficient (Wildman–Crippen LogP) is 0.562. The number of ether oxygens (including phenoxy) is 1. The van der Waals surface area contributed by atoms with Crippen molar-refractivity contribution in [2.45, 2.75) is 24.9 Å². The van der Waals surface area contributed by atoms with E-state index in [4.69, 9.17) is 4.74 Å². The fraction of sp³-hybridized carbons (Fsp3) is 0.700. The Balaban J connectivity index is 2.00. The average Bonchev–Trinajstić information content (AvgIpc) is 2.11. The van der Waals surface area contributed by atoms with Crippen molar-refractivity contribution in [3.8, 4) is 0 Å². The summed E-state index contributed by atoms with van der Waals surface area (Å²) < 4.78 is 5.48. The first-order valence-corrected chi connectivity index (χ1v) is 4.86. The van der Waals surface area contributed by atoms with Crippen molar-refractivity contribution in [1.82, 2.24) is 4.90 Å². The Labute approximate surface area is 77.4 Å². The zero-order valence-electron chi connectivity index (χ0n) is 7.53. The van der Waals surface area contributed by atoms with Crippen LogP contribution in [0.3, 0.4) is 0 Å². The third kappa shape index (κ3) is 0.854. The average molecular weight is 179 g/mol. The molecule has 4 fully saturated rings. The summed E-state index contributed by atoms with van der Waals surface area (Å²) in [5.41, 5.74) is 0.737. The number of fused-ring (bicyclic) bond motifs is 1. The SMILES string of the molecule is C=C1C(=O)C2CC3COCC(C2)N13. The highest BCUT2D eigenvalue weighted by atomic mass is 16.5. The number of rotatable bonds is 0. The van der Waals surface area contributed by atoms with Gasteiger partial charge in [-0.1, -0.05) is 6.58 Å². The van der Waals surface area contributed by atoms with Crippen molar-refractivity contribution in [1.29, 1.82) is 0 Å². The number of morpholine rings is 1. The summed E-state index contributed by atoms with van der Waals surface area (Å²) in [7, 11) is 0. The standard InChI is InChI=1S/C10H13NO2/c1-6-10(12)7-2-8-4-13-5-9(3-7)11(6)8/h7-9H,1-5H2. The Kier molecular flexibility index (Phi) is 1.37. The molecule has 4 saturated heterocycles. The van der Waals surface area contributed by atoms with Crippen LogP contribution in [0.15, 0.2) is 12.3 Å². The first-order chi connectivity index (χ1) is 6.27. The van der Waals surface area contributed by atoms with Gasteiger partial charge in [0.2, 0.25) is 0 Å². The van der Waals surface area contributed by atoms with Crippen LogP contribution in [0.5, 0.6) is 0 Å². The fourth-order valence-electron chi connectivity index (χ4n) is 2.93. The molecule has 0 aromatic carbocycles. The van der Waals surface area contributed by atoms with Gasteiger partial charge in [0.05, 0.1) is 31.0 Å². The molecule has 4 bridgehead atoms. The van der Waals surface area contributed by atoms with Gasteiger partial charge in [0.1, 0.15) is 0 Å². The van der Waals surface area contributed by atoms with Gasteiger partial charge >= 0.3 is 0 Å². The van der Waals surface area contributed by atoms with Crippen LogP contribution >= 0.6 is 0 Å². The molecule has 70 valence electrons. The van der Waals surface area contributed by atoms with Crippen molar-refractivity contribution >= 4 is 5.78 Å². The van der Waals surface area contributed by atoms with E-state index in [1.807, 2.05) is 0 Å². The largest absolute Gasteiger partial charge is 0.377 e. The third-order valence-corrected chi connectivity index (χ3v) is 3.49. The molecule has 0 aliphatic carbocycles. The normalized spacial score (nSPS) is 42.8. The van der Waals surface area contributed by atoms with Crippen LogP contribution in [0.2, 0.25) is 0 Å². The lowest BCUT2D eigenvalue weighted by Crippen LogP contribution is -2.62. The van der Waals surface area contributed by atoms with Gasteiger partial charge in [-0.15, -0.1) is 0 Å². The molecular formula is C10H13NO2. The van der Waals surface area contributed by atoms with Crippen LogP contribution in [0, 0.1) is 5.92 Å². The van der Waals surface area contributed by atoms with E-state index in [1.54, 1.807) is 0 Å². The summed E-state index contributed by atoms with van der Waals surface area (Å²) in [6.07, 6.45) is 1.96. The number of Topliss-reactive ketones (excluding diaryl/α,β-unsaturated/α-hetero) is 1. The summed E-state index contributed by atoms with van der Waals surface area (Å²) in [5.74, 6) is 0.519. The van der Waals surface area contributed by atoms with Crippen molar-refractivity contribution in [3.05, 3.63) is 12.3 Å². The molecule has 4 aliphatic heterocycles. The highest BCUT2D eigenvalue weighted by Crippen LogP contribution is 2.41. The number of carbonyl (C=O) groups excluding carboxylic acids is 1. The molecule has 0 aromatic rings. The molecule has 0 aromatic heterocycles. The molecule has 3 nitrogen and oxygen atoms in total. The first kappa shape index (κ1) is 7.56. The zero-order valence-corrected chi connectivity index (χ0v) is 7.53. The fourth-order valence-corrected chi connectivity index (χ4v) is 2.93. The number of hydrogen-bond donors (Lipinski definition) is 0. The number of hydrogen-bond acceptors (Lipinski definition) is 3. The van der Waals surface area contributed by atoms with Gasteiger partial charge in [-0.2, -0.15) is 0 Å². The van der Waals surface area contributed by atoms with Crippen LogP contribution in [-0.2, 0) is 9.53 Å². The number of ketones is 1. The Morgan fingerprint density at radius 1 is 1.31 bits per heavy atom. The molecule has 13 heavy (non-hydrogen) atoms. The molecule has 4 heterocycles. The lowest BCUT2D eigenvalue weighted by atomic mass is 9.76. The van der Waals surface area contributed by atoms with Gasteiger partial charge in [0, 0.05) is 5.92 Å². The van der Waals surface area contributed by atoms with E-state index in [-0.39, 0.29) is 11.7 Å².